The Hall–Kier alpha value is -1.12. The minimum atomic E-state index is 0.551. The van der Waals surface area contributed by atoms with Crippen LogP contribution >= 0.6 is 11.6 Å². The SMILES string of the molecule is CCC(CNC)c1ccc2nc(Cl)c(C)cc2c1. The lowest BCUT2D eigenvalue weighted by molar-refractivity contribution is 0.612. The molecule has 0 aliphatic heterocycles. The lowest BCUT2D eigenvalue weighted by atomic mass is 9.95. The number of rotatable bonds is 4. The molecule has 0 saturated heterocycles. The van der Waals surface area contributed by atoms with Crippen LogP contribution in [0.25, 0.3) is 10.9 Å². The highest BCUT2D eigenvalue weighted by Gasteiger charge is 2.09. The van der Waals surface area contributed by atoms with Crippen molar-refractivity contribution in [2.45, 2.75) is 26.2 Å². The van der Waals surface area contributed by atoms with E-state index in [0.717, 1.165) is 24.0 Å². The molecule has 2 rings (SSSR count). The molecule has 1 aromatic heterocycles. The molecule has 0 saturated carbocycles. The van der Waals surface area contributed by atoms with E-state index in [9.17, 15) is 0 Å². The van der Waals surface area contributed by atoms with Gasteiger partial charge in [-0.3, -0.25) is 0 Å². The summed E-state index contributed by atoms with van der Waals surface area (Å²) in [4.78, 5) is 4.40. The third-order valence-corrected chi connectivity index (χ3v) is 3.76. The molecule has 1 heterocycles. The summed E-state index contributed by atoms with van der Waals surface area (Å²) in [5, 5.41) is 5.01. The van der Waals surface area contributed by atoms with Crippen molar-refractivity contribution in [3.8, 4) is 0 Å². The van der Waals surface area contributed by atoms with Gasteiger partial charge >= 0.3 is 0 Å². The average molecular weight is 263 g/mol. The Kier molecular flexibility index (Phi) is 4.20. The number of likely N-dealkylation sites (N-methyl/N-ethyl adjacent to an activating group) is 1. The second-order valence-electron chi connectivity index (χ2n) is 4.71. The van der Waals surface area contributed by atoms with Crippen LogP contribution < -0.4 is 5.32 Å². The molecule has 1 N–H and O–H groups in total. The van der Waals surface area contributed by atoms with Crippen molar-refractivity contribution in [3.05, 3.63) is 40.5 Å². The summed E-state index contributed by atoms with van der Waals surface area (Å²) in [7, 11) is 2.00. The number of nitrogens with zero attached hydrogens (tertiary/aromatic N) is 1. The maximum Gasteiger partial charge on any atom is 0.132 e. The molecule has 18 heavy (non-hydrogen) atoms. The lowest BCUT2D eigenvalue weighted by Crippen LogP contribution is -2.16. The molecule has 0 aliphatic rings. The van der Waals surface area contributed by atoms with Gasteiger partial charge in [-0.05, 0) is 55.6 Å². The van der Waals surface area contributed by atoms with Gasteiger partial charge in [0.25, 0.3) is 0 Å². The molecule has 0 bridgehead atoms. The fourth-order valence-corrected chi connectivity index (χ4v) is 2.42. The predicted molar refractivity (Wildman–Crippen MR) is 78.4 cm³/mol. The second kappa shape index (κ2) is 5.68. The fraction of sp³-hybridized carbons (Fsp3) is 0.400. The molecule has 2 aromatic rings. The van der Waals surface area contributed by atoms with Crippen LogP contribution in [0, 0.1) is 6.92 Å². The van der Waals surface area contributed by atoms with E-state index in [1.807, 2.05) is 14.0 Å². The largest absolute Gasteiger partial charge is 0.319 e. The molecule has 1 unspecified atom stereocenters. The van der Waals surface area contributed by atoms with Crippen molar-refractivity contribution in [1.29, 1.82) is 0 Å². The Labute approximate surface area is 113 Å². The summed E-state index contributed by atoms with van der Waals surface area (Å²) in [6.07, 6.45) is 1.13. The smallest absolute Gasteiger partial charge is 0.132 e. The molecule has 0 spiro atoms. The minimum absolute atomic E-state index is 0.551. The molecule has 0 fully saturated rings. The van der Waals surface area contributed by atoms with Crippen molar-refractivity contribution in [3.63, 3.8) is 0 Å². The van der Waals surface area contributed by atoms with E-state index in [0.29, 0.717) is 11.1 Å². The first-order valence-corrected chi connectivity index (χ1v) is 6.75. The van der Waals surface area contributed by atoms with Gasteiger partial charge in [0.15, 0.2) is 0 Å². The Bertz CT molecular complexity index is 551. The van der Waals surface area contributed by atoms with Gasteiger partial charge in [-0.1, -0.05) is 24.6 Å². The van der Waals surface area contributed by atoms with E-state index in [-0.39, 0.29) is 0 Å². The first-order chi connectivity index (χ1) is 8.65. The normalized spacial score (nSPS) is 12.9. The van der Waals surface area contributed by atoms with Gasteiger partial charge in [0.2, 0.25) is 0 Å². The van der Waals surface area contributed by atoms with Gasteiger partial charge in [-0.15, -0.1) is 0 Å². The topological polar surface area (TPSA) is 24.9 Å². The third kappa shape index (κ3) is 2.65. The second-order valence-corrected chi connectivity index (χ2v) is 5.07. The first-order valence-electron chi connectivity index (χ1n) is 6.37. The highest BCUT2D eigenvalue weighted by molar-refractivity contribution is 6.30. The number of pyridine rings is 1. The predicted octanol–water partition coefficient (Wildman–Crippen LogP) is 3.91. The lowest BCUT2D eigenvalue weighted by Gasteiger charge is -2.15. The van der Waals surface area contributed by atoms with Gasteiger partial charge in [-0.2, -0.15) is 0 Å². The van der Waals surface area contributed by atoms with Gasteiger partial charge in [0.1, 0.15) is 5.15 Å². The number of aryl methyl sites for hydroxylation is 1. The number of hydrogen-bond acceptors (Lipinski definition) is 2. The summed E-state index contributed by atoms with van der Waals surface area (Å²) in [6.45, 7) is 5.21. The summed E-state index contributed by atoms with van der Waals surface area (Å²) < 4.78 is 0. The molecule has 1 aromatic carbocycles. The van der Waals surface area contributed by atoms with Crippen LogP contribution in [0.15, 0.2) is 24.3 Å². The highest BCUT2D eigenvalue weighted by atomic mass is 35.5. The van der Waals surface area contributed by atoms with Crippen molar-refractivity contribution >= 4 is 22.5 Å². The molecule has 0 radical (unpaired) electrons. The number of halogens is 1. The van der Waals surface area contributed by atoms with Crippen LogP contribution in [0.1, 0.15) is 30.4 Å². The zero-order chi connectivity index (χ0) is 13.1. The standard InChI is InChI=1S/C15H19ClN2/c1-4-11(9-17-3)12-5-6-14-13(8-12)7-10(2)15(16)18-14/h5-8,11,17H,4,9H2,1-3H3. The number of fused-ring (bicyclic) bond motifs is 1. The molecule has 0 aliphatic carbocycles. The Balaban J connectivity index is 2.46. The quantitative estimate of drug-likeness (QED) is 0.845. The van der Waals surface area contributed by atoms with Gasteiger partial charge < -0.3 is 5.32 Å². The Morgan fingerprint density at radius 3 is 2.78 bits per heavy atom. The van der Waals surface area contributed by atoms with E-state index in [2.05, 4.69) is 41.5 Å². The summed E-state index contributed by atoms with van der Waals surface area (Å²) in [6, 6.07) is 8.57. The molecule has 3 heteroatoms. The van der Waals surface area contributed by atoms with Crippen LogP contribution in [-0.2, 0) is 0 Å². The van der Waals surface area contributed by atoms with Crippen LogP contribution in [-0.4, -0.2) is 18.6 Å². The number of benzene rings is 1. The zero-order valence-electron chi connectivity index (χ0n) is 11.1. The van der Waals surface area contributed by atoms with Gasteiger partial charge in [-0.25, -0.2) is 4.98 Å². The fourth-order valence-electron chi connectivity index (χ4n) is 2.28. The van der Waals surface area contributed by atoms with Crippen LogP contribution in [0.4, 0.5) is 0 Å². The van der Waals surface area contributed by atoms with Crippen molar-refractivity contribution in [2.75, 3.05) is 13.6 Å². The van der Waals surface area contributed by atoms with Crippen LogP contribution in [0.2, 0.25) is 5.15 Å². The maximum absolute atomic E-state index is 6.05. The summed E-state index contributed by atoms with van der Waals surface area (Å²) >= 11 is 6.05. The van der Waals surface area contributed by atoms with Gasteiger partial charge in [0, 0.05) is 11.9 Å². The molecule has 1 atom stereocenters. The highest BCUT2D eigenvalue weighted by Crippen LogP contribution is 2.25. The van der Waals surface area contributed by atoms with Crippen LogP contribution in [0.3, 0.4) is 0 Å². The minimum Gasteiger partial charge on any atom is -0.319 e. The van der Waals surface area contributed by atoms with Crippen molar-refractivity contribution in [2.24, 2.45) is 0 Å². The van der Waals surface area contributed by atoms with Crippen molar-refractivity contribution in [1.82, 2.24) is 10.3 Å². The summed E-state index contributed by atoms with van der Waals surface area (Å²) in [5.74, 6) is 0.551. The number of nitrogens with one attached hydrogen (secondary N) is 1. The molecular formula is C15H19ClN2. The molecular weight excluding hydrogens is 244 g/mol. The first kappa shape index (κ1) is 13.3. The van der Waals surface area contributed by atoms with E-state index in [1.54, 1.807) is 0 Å². The number of hydrogen-bond donors (Lipinski definition) is 1. The van der Waals surface area contributed by atoms with Crippen molar-refractivity contribution < 1.29 is 0 Å². The Morgan fingerprint density at radius 2 is 2.11 bits per heavy atom. The summed E-state index contributed by atoms with van der Waals surface area (Å²) in [5.41, 5.74) is 3.36. The average Bonchev–Trinajstić information content (AvgIpc) is 2.37. The van der Waals surface area contributed by atoms with E-state index in [4.69, 9.17) is 11.6 Å². The van der Waals surface area contributed by atoms with Crippen LogP contribution in [0.5, 0.6) is 0 Å². The molecule has 2 nitrogen and oxygen atoms in total. The van der Waals surface area contributed by atoms with E-state index < -0.39 is 0 Å². The van der Waals surface area contributed by atoms with Gasteiger partial charge in [0.05, 0.1) is 5.52 Å². The Morgan fingerprint density at radius 1 is 1.33 bits per heavy atom. The third-order valence-electron chi connectivity index (χ3n) is 3.38. The molecule has 96 valence electrons. The maximum atomic E-state index is 6.05. The molecule has 0 amide bonds. The number of aromatic nitrogens is 1. The monoisotopic (exact) mass is 262 g/mol. The van der Waals surface area contributed by atoms with E-state index >= 15 is 0 Å². The van der Waals surface area contributed by atoms with E-state index in [1.165, 1.54) is 10.9 Å². The zero-order valence-corrected chi connectivity index (χ0v) is 11.9.